The summed E-state index contributed by atoms with van der Waals surface area (Å²) >= 11 is 1.19. The highest BCUT2D eigenvalue weighted by Crippen LogP contribution is 2.29. The largest absolute Gasteiger partial charge is 0.459 e. The summed E-state index contributed by atoms with van der Waals surface area (Å²) in [6, 6.07) is 8.31. The Morgan fingerprint density at radius 1 is 1.32 bits per heavy atom. The van der Waals surface area contributed by atoms with Crippen LogP contribution in [0.1, 0.15) is 10.6 Å². The molecule has 3 aromatic rings. The molecule has 0 aliphatic carbocycles. The topological polar surface area (TPSA) is 101 Å². The monoisotopic (exact) mass is 337 g/mol. The molecule has 0 bridgehead atoms. The average molecular weight is 337 g/mol. The Bertz CT molecular complexity index is 930. The molecule has 22 heavy (non-hydrogen) atoms. The second kappa shape index (κ2) is 5.43. The highest BCUT2D eigenvalue weighted by atomic mass is 32.2. The lowest BCUT2D eigenvalue weighted by atomic mass is 10.3. The van der Waals surface area contributed by atoms with Gasteiger partial charge in [0.05, 0.1) is 22.7 Å². The van der Waals surface area contributed by atoms with Crippen molar-refractivity contribution in [2.24, 2.45) is 0 Å². The molecule has 114 valence electrons. The van der Waals surface area contributed by atoms with E-state index in [1.165, 1.54) is 17.6 Å². The lowest BCUT2D eigenvalue weighted by molar-refractivity contribution is 0.0996. The van der Waals surface area contributed by atoms with Crippen LogP contribution in [0.5, 0.6) is 0 Å². The highest BCUT2D eigenvalue weighted by molar-refractivity contribution is 7.92. The quantitative estimate of drug-likeness (QED) is 0.762. The second-order valence-electron chi connectivity index (χ2n) is 4.51. The van der Waals surface area contributed by atoms with Crippen LogP contribution in [0.4, 0.5) is 10.8 Å². The predicted molar refractivity (Wildman–Crippen MR) is 84.7 cm³/mol. The number of aromatic nitrogens is 1. The highest BCUT2D eigenvalue weighted by Gasteiger charge is 2.11. The summed E-state index contributed by atoms with van der Waals surface area (Å²) < 4.78 is 30.5. The Hall–Kier alpha value is -2.39. The number of furan rings is 1. The zero-order valence-electron chi connectivity index (χ0n) is 11.4. The third-order valence-corrected chi connectivity index (χ3v) is 4.29. The van der Waals surface area contributed by atoms with E-state index in [0.29, 0.717) is 11.2 Å². The van der Waals surface area contributed by atoms with E-state index >= 15 is 0 Å². The number of rotatable bonds is 4. The first kappa shape index (κ1) is 14.5. The maximum absolute atomic E-state index is 11.9. The molecule has 0 spiro atoms. The average Bonchev–Trinajstić information content (AvgIpc) is 3.04. The van der Waals surface area contributed by atoms with Gasteiger partial charge in [0, 0.05) is 5.69 Å². The standard InChI is InChI=1S/C13H11N3O4S2/c1-22(18,19)16-13-15-9-5-4-8(7-11(9)21-13)14-12(17)10-3-2-6-20-10/h2-7H,1H3,(H,14,17)(H,15,16). The van der Waals surface area contributed by atoms with Gasteiger partial charge in [0.25, 0.3) is 5.91 Å². The molecule has 2 aromatic heterocycles. The molecule has 0 unspecified atom stereocenters. The van der Waals surface area contributed by atoms with Crippen molar-refractivity contribution >= 4 is 48.3 Å². The molecule has 1 amide bonds. The SMILES string of the molecule is CS(=O)(=O)Nc1nc2ccc(NC(=O)c3ccco3)cc2s1. The van der Waals surface area contributed by atoms with Gasteiger partial charge >= 0.3 is 0 Å². The van der Waals surface area contributed by atoms with Crippen molar-refractivity contribution in [2.75, 3.05) is 16.3 Å². The zero-order chi connectivity index (χ0) is 15.7. The van der Waals surface area contributed by atoms with Crippen molar-refractivity contribution in [3.8, 4) is 0 Å². The number of carbonyl (C=O) groups is 1. The van der Waals surface area contributed by atoms with Crippen molar-refractivity contribution in [2.45, 2.75) is 0 Å². The summed E-state index contributed by atoms with van der Waals surface area (Å²) in [5.74, 6) is -0.146. The Balaban J connectivity index is 1.85. The number of nitrogens with zero attached hydrogens (tertiary/aromatic N) is 1. The Morgan fingerprint density at radius 2 is 2.14 bits per heavy atom. The molecule has 0 aliphatic rings. The molecule has 9 heteroatoms. The van der Waals surface area contributed by atoms with Crippen LogP contribution in [-0.2, 0) is 10.0 Å². The summed E-state index contributed by atoms with van der Waals surface area (Å²) in [5.41, 5.74) is 1.22. The molecule has 7 nitrogen and oxygen atoms in total. The molecular weight excluding hydrogens is 326 g/mol. The van der Waals surface area contributed by atoms with Gasteiger partial charge in [0.15, 0.2) is 10.9 Å². The number of benzene rings is 1. The molecule has 0 atom stereocenters. The van der Waals surface area contributed by atoms with Crippen molar-refractivity contribution < 1.29 is 17.6 Å². The Kier molecular flexibility index (Phi) is 3.59. The van der Waals surface area contributed by atoms with Crippen LogP contribution in [0.15, 0.2) is 41.0 Å². The number of sulfonamides is 1. The summed E-state index contributed by atoms with van der Waals surface area (Å²) in [6.45, 7) is 0. The van der Waals surface area contributed by atoms with Crippen LogP contribution in [0.2, 0.25) is 0 Å². The van der Waals surface area contributed by atoms with Crippen LogP contribution < -0.4 is 10.0 Å². The molecule has 2 N–H and O–H groups in total. The third-order valence-electron chi connectivity index (χ3n) is 2.66. The molecule has 0 saturated heterocycles. The summed E-state index contributed by atoms with van der Waals surface area (Å²) in [7, 11) is -3.37. The van der Waals surface area contributed by atoms with Gasteiger partial charge in [-0.2, -0.15) is 0 Å². The summed E-state index contributed by atoms with van der Waals surface area (Å²) in [5, 5.41) is 2.99. The smallest absolute Gasteiger partial charge is 0.291 e. The fourth-order valence-electron chi connectivity index (χ4n) is 1.81. The Morgan fingerprint density at radius 3 is 2.82 bits per heavy atom. The first-order valence-corrected chi connectivity index (χ1v) is 8.85. The minimum atomic E-state index is -3.37. The molecule has 0 radical (unpaired) electrons. The zero-order valence-corrected chi connectivity index (χ0v) is 13.0. The number of carbonyl (C=O) groups excluding carboxylic acids is 1. The molecule has 0 fully saturated rings. The van der Waals surface area contributed by atoms with Crippen molar-refractivity contribution in [3.05, 3.63) is 42.4 Å². The van der Waals surface area contributed by atoms with E-state index in [4.69, 9.17) is 4.42 Å². The van der Waals surface area contributed by atoms with Gasteiger partial charge in [-0.05, 0) is 30.3 Å². The van der Waals surface area contributed by atoms with Crippen LogP contribution in [0.25, 0.3) is 10.2 Å². The van der Waals surface area contributed by atoms with Gasteiger partial charge in [-0.1, -0.05) is 11.3 Å². The third kappa shape index (κ3) is 3.26. The maximum Gasteiger partial charge on any atom is 0.291 e. The number of amides is 1. The molecular formula is C13H11N3O4S2. The molecule has 0 saturated carbocycles. The van der Waals surface area contributed by atoms with Crippen molar-refractivity contribution in [1.29, 1.82) is 0 Å². The fraction of sp³-hybridized carbons (Fsp3) is 0.0769. The van der Waals surface area contributed by atoms with E-state index in [2.05, 4.69) is 15.0 Å². The lowest BCUT2D eigenvalue weighted by Gasteiger charge is -2.02. The minimum absolute atomic E-state index is 0.212. The van der Waals surface area contributed by atoms with Crippen LogP contribution in [0.3, 0.4) is 0 Å². The number of fused-ring (bicyclic) bond motifs is 1. The van der Waals surface area contributed by atoms with Crippen molar-refractivity contribution in [1.82, 2.24) is 4.98 Å². The lowest BCUT2D eigenvalue weighted by Crippen LogP contribution is -2.10. The maximum atomic E-state index is 11.9. The molecule has 2 heterocycles. The van der Waals surface area contributed by atoms with E-state index in [9.17, 15) is 13.2 Å². The first-order chi connectivity index (χ1) is 10.4. The van der Waals surface area contributed by atoms with Crippen molar-refractivity contribution in [3.63, 3.8) is 0 Å². The molecule has 1 aromatic carbocycles. The van der Waals surface area contributed by atoms with Gasteiger partial charge < -0.3 is 9.73 Å². The number of thiazole rings is 1. The number of nitrogens with one attached hydrogen (secondary N) is 2. The van der Waals surface area contributed by atoms with E-state index in [1.54, 1.807) is 30.3 Å². The van der Waals surface area contributed by atoms with E-state index in [-0.39, 0.29) is 16.8 Å². The number of hydrogen-bond acceptors (Lipinski definition) is 6. The predicted octanol–water partition coefficient (Wildman–Crippen LogP) is 2.51. The fourth-order valence-corrected chi connectivity index (χ4v) is 3.55. The number of hydrogen-bond donors (Lipinski definition) is 2. The normalized spacial score (nSPS) is 11.5. The molecule has 3 rings (SSSR count). The number of anilines is 2. The van der Waals surface area contributed by atoms with Gasteiger partial charge in [0.1, 0.15) is 0 Å². The van der Waals surface area contributed by atoms with Gasteiger partial charge in [-0.3, -0.25) is 9.52 Å². The minimum Gasteiger partial charge on any atom is -0.459 e. The van der Waals surface area contributed by atoms with E-state index in [0.717, 1.165) is 11.0 Å². The molecule has 0 aliphatic heterocycles. The first-order valence-electron chi connectivity index (χ1n) is 6.14. The second-order valence-corrected chi connectivity index (χ2v) is 7.29. The van der Waals surface area contributed by atoms with Crippen LogP contribution >= 0.6 is 11.3 Å². The summed E-state index contributed by atoms with van der Waals surface area (Å²) in [6.07, 6.45) is 2.48. The van der Waals surface area contributed by atoms with Gasteiger partial charge in [0.2, 0.25) is 10.0 Å². The van der Waals surface area contributed by atoms with Crippen LogP contribution in [-0.4, -0.2) is 25.6 Å². The van der Waals surface area contributed by atoms with E-state index < -0.39 is 10.0 Å². The van der Waals surface area contributed by atoms with Gasteiger partial charge in [-0.25, -0.2) is 13.4 Å². The van der Waals surface area contributed by atoms with Gasteiger partial charge in [-0.15, -0.1) is 0 Å². The van der Waals surface area contributed by atoms with E-state index in [1.807, 2.05) is 0 Å². The van der Waals surface area contributed by atoms with Crippen LogP contribution in [0, 0.1) is 0 Å². The Labute approximate surface area is 130 Å². The summed E-state index contributed by atoms with van der Waals surface area (Å²) in [4.78, 5) is 16.1.